The molecule has 0 saturated carbocycles. The molecule has 1 aromatic heterocycles. The molecule has 0 bridgehead atoms. The van der Waals surface area contributed by atoms with Crippen LogP contribution in [0.2, 0.25) is 0 Å². The maximum atomic E-state index is 11.4. The largest absolute Gasteiger partial charge is 0.495 e. The van der Waals surface area contributed by atoms with Crippen molar-refractivity contribution in [3.8, 4) is 5.75 Å². The van der Waals surface area contributed by atoms with E-state index in [4.69, 9.17) is 14.3 Å². The summed E-state index contributed by atoms with van der Waals surface area (Å²) in [6, 6.07) is 7.86. The molecular weight excluding hydrogens is 280 g/mol. The van der Waals surface area contributed by atoms with E-state index >= 15 is 0 Å². The minimum atomic E-state index is -3.76. The Labute approximate surface area is 117 Å². The third-order valence-corrected chi connectivity index (χ3v) is 3.75. The minimum absolute atomic E-state index is 0.0208. The molecular formula is C13H16N2O4S. The summed E-state index contributed by atoms with van der Waals surface area (Å²) in [5.41, 5.74) is 0.530. The van der Waals surface area contributed by atoms with Gasteiger partial charge in [0.25, 0.3) is 0 Å². The summed E-state index contributed by atoms with van der Waals surface area (Å²) < 4.78 is 33.3. The van der Waals surface area contributed by atoms with Crippen molar-refractivity contribution in [1.82, 2.24) is 0 Å². The fraction of sp³-hybridized carbons (Fsp3) is 0.231. The molecule has 1 heterocycles. The molecule has 0 saturated heterocycles. The van der Waals surface area contributed by atoms with Gasteiger partial charge in [-0.15, -0.1) is 0 Å². The zero-order valence-electron chi connectivity index (χ0n) is 11.2. The number of benzene rings is 1. The van der Waals surface area contributed by atoms with Gasteiger partial charge in [0.2, 0.25) is 10.0 Å². The molecule has 0 radical (unpaired) electrons. The van der Waals surface area contributed by atoms with E-state index in [0.717, 1.165) is 5.76 Å². The van der Waals surface area contributed by atoms with Crippen molar-refractivity contribution in [2.24, 2.45) is 5.14 Å². The average molecular weight is 296 g/mol. The van der Waals surface area contributed by atoms with Crippen LogP contribution in [0.15, 0.2) is 45.9 Å². The van der Waals surface area contributed by atoms with Crippen LogP contribution in [0.1, 0.15) is 18.7 Å². The summed E-state index contributed by atoms with van der Waals surface area (Å²) in [5, 5.41) is 8.27. The second-order valence-corrected chi connectivity index (χ2v) is 5.85. The van der Waals surface area contributed by atoms with E-state index in [2.05, 4.69) is 5.32 Å². The lowest BCUT2D eigenvalue weighted by Crippen LogP contribution is -2.13. The summed E-state index contributed by atoms with van der Waals surface area (Å²) >= 11 is 0. The summed E-state index contributed by atoms with van der Waals surface area (Å²) in [6.07, 6.45) is 1.57. The van der Waals surface area contributed by atoms with Gasteiger partial charge in [-0.1, -0.05) is 0 Å². The highest BCUT2D eigenvalue weighted by Gasteiger charge is 2.15. The van der Waals surface area contributed by atoms with Crippen LogP contribution in [0.25, 0.3) is 0 Å². The first-order chi connectivity index (χ1) is 9.41. The van der Waals surface area contributed by atoms with Gasteiger partial charge in [0.05, 0.1) is 30.0 Å². The van der Waals surface area contributed by atoms with Crippen molar-refractivity contribution in [3.63, 3.8) is 0 Å². The van der Waals surface area contributed by atoms with E-state index in [1.165, 1.54) is 19.2 Å². The van der Waals surface area contributed by atoms with Gasteiger partial charge in [0.1, 0.15) is 11.5 Å². The molecule has 1 aromatic carbocycles. The van der Waals surface area contributed by atoms with E-state index < -0.39 is 10.0 Å². The Morgan fingerprint density at radius 3 is 2.65 bits per heavy atom. The van der Waals surface area contributed by atoms with Gasteiger partial charge >= 0.3 is 0 Å². The Kier molecular flexibility index (Phi) is 4.01. The fourth-order valence-corrected chi connectivity index (χ4v) is 2.36. The van der Waals surface area contributed by atoms with Crippen molar-refractivity contribution >= 4 is 15.7 Å². The second-order valence-electron chi connectivity index (χ2n) is 4.29. The SMILES string of the molecule is COc1ccc(S(N)(=O)=O)cc1NC(C)c1ccco1. The Morgan fingerprint density at radius 2 is 2.10 bits per heavy atom. The Morgan fingerprint density at radius 1 is 1.35 bits per heavy atom. The number of primary sulfonamides is 1. The highest BCUT2D eigenvalue weighted by molar-refractivity contribution is 7.89. The summed E-state index contributed by atoms with van der Waals surface area (Å²) in [7, 11) is -2.25. The van der Waals surface area contributed by atoms with Crippen LogP contribution in [0.5, 0.6) is 5.75 Å². The number of rotatable bonds is 5. The predicted molar refractivity (Wildman–Crippen MR) is 75.1 cm³/mol. The van der Waals surface area contributed by atoms with Gasteiger partial charge in [-0.3, -0.25) is 0 Å². The number of hydrogen-bond donors (Lipinski definition) is 2. The number of ether oxygens (including phenoxy) is 1. The first-order valence-corrected chi connectivity index (χ1v) is 7.47. The number of sulfonamides is 1. The van der Waals surface area contributed by atoms with Gasteiger partial charge in [0.15, 0.2) is 0 Å². The molecule has 1 atom stereocenters. The second kappa shape index (κ2) is 5.56. The molecule has 0 spiro atoms. The summed E-state index contributed by atoms with van der Waals surface area (Å²) in [5.74, 6) is 1.25. The lowest BCUT2D eigenvalue weighted by Gasteiger charge is -2.16. The van der Waals surface area contributed by atoms with E-state index in [-0.39, 0.29) is 10.9 Å². The van der Waals surface area contributed by atoms with Gasteiger partial charge in [-0.2, -0.15) is 0 Å². The summed E-state index contributed by atoms with van der Waals surface area (Å²) in [4.78, 5) is 0.0208. The zero-order chi connectivity index (χ0) is 14.8. The number of nitrogens with one attached hydrogen (secondary N) is 1. The van der Waals surface area contributed by atoms with Crippen LogP contribution in [0.3, 0.4) is 0 Å². The van der Waals surface area contributed by atoms with Crippen LogP contribution in [0, 0.1) is 0 Å². The van der Waals surface area contributed by atoms with Crippen molar-refractivity contribution in [1.29, 1.82) is 0 Å². The van der Waals surface area contributed by atoms with Gasteiger partial charge < -0.3 is 14.5 Å². The van der Waals surface area contributed by atoms with Gasteiger partial charge in [-0.05, 0) is 37.3 Å². The van der Waals surface area contributed by atoms with Crippen molar-refractivity contribution < 1.29 is 17.6 Å². The molecule has 20 heavy (non-hydrogen) atoms. The lowest BCUT2D eigenvalue weighted by atomic mass is 10.2. The smallest absolute Gasteiger partial charge is 0.238 e. The highest BCUT2D eigenvalue weighted by Crippen LogP contribution is 2.30. The Bertz CT molecular complexity index is 680. The van der Waals surface area contributed by atoms with Crippen LogP contribution < -0.4 is 15.2 Å². The average Bonchev–Trinajstić information content (AvgIpc) is 2.91. The van der Waals surface area contributed by atoms with Crippen molar-refractivity contribution in [2.45, 2.75) is 17.9 Å². The first-order valence-electron chi connectivity index (χ1n) is 5.92. The minimum Gasteiger partial charge on any atom is -0.495 e. The molecule has 0 fully saturated rings. The Hall–Kier alpha value is -1.99. The number of anilines is 1. The maximum Gasteiger partial charge on any atom is 0.238 e. The van der Waals surface area contributed by atoms with Crippen molar-refractivity contribution in [3.05, 3.63) is 42.4 Å². The standard InChI is InChI=1S/C13H16N2O4S/c1-9(12-4-3-7-19-12)15-11-8-10(20(14,16)17)5-6-13(11)18-2/h3-9,15H,1-2H3,(H2,14,16,17). The molecule has 2 aromatic rings. The van der Waals surface area contributed by atoms with E-state index in [9.17, 15) is 8.42 Å². The molecule has 1 unspecified atom stereocenters. The molecule has 2 rings (SSSR count). The number of methoxy groups -OCH3 is 1. The number of nitrogens with two attached hydrogens (primary N) is 1. The van der Waals surface area contributed by atoms with Gasteiger partial charge in [0, 0.05) is 0 Å². The molecule has 0 aliphatic heterocycles. The van der Waals surface area contributed by atoms with Gasteiger partial charge in [-0.25, -0.2) is 13.6 Å². The molecule has 6 nitrogen and oxygen atoms in total. The number of furan rings is 1. The molecule has 0 amide bonds. The lowest BCUT2D eigenvalue weighted by molar-refractivity contribution is 0.415. The van der Waals surface area contributed by atoms with E-state index in [1.807, 2.05) is 13.0 Å². The topological polar surface area (TPSA) is 94.6 Å². The fourth-order valence-electron chi connectivity index (χ4n) is 1.82. The van der Waals surface area contributed by atoms with Crippen LogP contribution in [-0.2, 0) is 10.0 Å². The molecule has 0 aliphatic carbocycles. The monoisotopic (exact) mass is 296 g/mol. The van der Waals surface area contributed by atoms with Crippen LogP contribution in [-0.4, -0.2) is 15.5 Å². The molecule has 0 aliphatic rings. The first kappa shape index (κ1) is 14.4. The highest BCUT2D eigenvalue weighted by atomic mass is 32.2. The van der Waals surface area contributed by atoms with Crippen LogP contribution in [0.4, 0.5) is 5.69 Å². The molecule has 7 heteroatoms. The number of hydrogen-bond acceptors (Lipinski definition) is 5. The maximum absolute atomic E-state index is 11.4. The molecule has 3 N–H and O–H groups in total. The third kappa shape index (κ3) is 3.12. The summed E-state index contributed by atoms with van der Waals surface area (Å²) in [6.45, 7) is 1.89. The Balaban J connectivity index is 2.34. The molecule has 108 valence electrons. The quantitative estimate of drug-likeness (QED) is 0.881. The van der Waals surface area contributed by atoms with E-state index in [1.54, 1.807) is 18.4 Å². The van der Waals surface area contributed by atoms with E-state index in [0.29, 0.717) is 11.4 Å². The normalized spacial score (nSPS) is 12.9. The zero-order valence-corrected chi connectivity index (χ0v) is 12.0. The predicted octanol–water partition coefficient (Wildman–Crippen LogP) is 2.11. The van der Waals surface area contributed by atoms with Crippen molar-refractivity contribution in [2.75, 3.05) is 12.4 Å². The third-order valence-electron chi connectivity index (χ3n) is 2.84. The van der Waals surface area contributed by atoms with Crippen LogP contribution >= 0.6 is 0 Å².